The molecule has 4 aromatic heterocycles. The van der Waals surface area contributed by atoms with E-state index in [0.717, 1.165) is 35.4 Å². The van der Waals surface area contributed by atoms with Gasteiger partial charge in [-0.25, -0.2) is 34.3 Å². The number of ether oxygens (including phenoxy) is 3. The van der Waals surface area contributed by atoms with Crippen molar-refractivity contribution in [1.29, 1.82) is 0 Å². The molecule has 0 atom stereocenters. The fourth-order valence-electron chi connectivity index (χ4n) is 4.43. The molecule has 11 nitrogen and oxygen atoms in total. The number of nitrogens with zero attached hydrogens (tertiary/aromatic N) is 8. The van der Waals surface area contributed by atoms with E-state index in [1.54, 1.807) is 0 Å². The molecule has 5 aromatic rings. The molecule has 1 aromatic carbocycles. The molecular weight excluding hydrogens is 560 g/mol. The van der Waals surface area contributed by atoms with Gasteiger partial charge < -0.3 is 18.8 Å². The molecule has 1 saturated carbocycles. The Bertz CT molecular complexity index is 1810. The number of alkyl halides is 3. The monoisotopic (exact) mass is 582 g/mol. The normalized spacial score (nSPS) is 13.4. The third-order valence-electron chi connectivity index (χ3n) is 6.60. The van der Waals surface area contributed by atoms with Crippen LogP contribution in [0, 0.1) is 5.82 Å². The number of hydrogen-bond acceptors (Lipinski definition) is 10. The average molecular weight is 583 g/mol. The summed E-state index contributed by atoms with van der Waals surface area (Å²) in [6.45, 7) is -0.159. The molecule has 42 heavy (non-hydrogen) atoms. The van der Waals surface area contributed by atoms with E-state index in [1.807, 2.05) is 0 Å². The highest BCUT2D eigenvalue weighted by Crippen LogP contribution is 2.45. The maximum absolute atomic E-state index is 15.1. The third-order valence-corrected chi connectivity index (χ3v) is 6.60. The number of imidazole rings is 1. The summed E-state index contributed by atoms with van der Waals surface area (Å²) in [5.41, 5.74) is 0.840. The van der Waals surface area contributed by atoms with Crippen molar-refractivity contribution in [3.05, 3.63) is 59.7 Å². The van der Waals surface area contributed by atoms with Gasteiger partial charge in [-0.05, 0) is 30.5 Å². The van der Waals surface area contributed by atoms with E-state index in [1.165, 1.54) is 45.9 Å². The summed E-state index contributed by atoms with van der Waals surface area (Å²) >= 11 is 0. The summed E-state index contributed by atoms with van der Waals surface area (Å²) in [5, 5.41) is 0. The second-order valence-electron chi connectivity index (χ2n) is 9.52. The maximum Gasteiger partial charge on any atom is 0.434 e. The van der Waals surface area contributed by atoms with Gasteiger partial charge in [-0.3, -0.25) is 0 Å². The number of hydrogen-bond donors (Lipinski definition) is 0. The predicted octanol–water partition coefficient (Wildman–Crippen LogP) is 4.91. The fourth-order valence-corrected chi connectivity index (χ4v) is 4.43. The number of fused-ring (bicyclic) bond motifs is 1. The number of aromatic nitrogens is 8. The number of benzene rings is 1. The van der Waals surface area contributed by atoms with Crippen LogP contribution in [-0.4, -0.2) is 53.7 Å². The number of halogens is 4. The van der Waals surface area contributed by atoms with Crippen molar-refractivity contribution in [2.24, 2.45) is 7.05 Å². The lowest BCUT2D eigenvalue weighted by atomic mass is 10.1. The molecule has 0 bridgehead atoms. The van der Waals surface area contributed by atoms with Gasteiger partial charge in [0.25, 0.3) is 0 Å². The van der Waals surface area contributed by atoms with Crippen molar-refractivity contribution in [2.75, 3.05) is 14.2 Å². The number of methoxy groups -OCH3 is 2. The van der Waals surface area contributed by atoms with Crippen molar-refractivity contribution in [1.82, 2.24) is 39.5 Å². The molecule has 6 rings (SSSR count). The molecule has 0 aliphatic heterocycles. The summed E-state index contributed by atoms with van der Waals surface area (Å²) in [6, 6.07) is 4.03. The first kappa shape index (κ1) is 27.2. The Kier molecular flexibility index (Phi) is 6.79. The van der Waals surface area contributed by atoms with E-state index >= 15 is 4.39 Å². The maximum atomic E-state index is 15.1. The number of rotatable bonds is 8. The predicted molar refractivity (Wildman–Crippen MR) is 139 cm³/mol. The molecule has 4 heterocycles. The average Bonchev–Trinajstić information content (AvgIpc) is 3.75. The van der Waals surface area contributed by atoms with Crippen molar-refractivity contribution in [3.63, 3.8) is 0 Å². The largest absolute Gasteiger partial charge is 0.480 e. The Morgan fingerprint density at radius 3 is 2.45 bits per heavy atom. The van der Waals surface area contributed by atoms with E-state index in [9.17, 15) is 13.2 Å². The van der Waals surface area contributed by atoms with Gasteiger partial charge >= 0.3 is 6.18 Å². The van der Waals surface area contributed by atoms with Crippen LogP contribution < -0.4 is 14.2 Å². The van der Waals surface area contributed by atoms with Gasteiger partial charge in [0.2, 0.25) is 17.6 Å². The Labute approximate surface area is 235 Å². The molecule has 0 radical (unpaired) electrons. The minimum Gasteiger partial charge on any atom is -0.480 e. The molecule has 1 aliphatic carbocycles. The first-order valence-corrected chi connectivity index (χ1v) is 12.7. The van der Waals surface area contributed by atoms with Crippen molar-refractivity contribution >= 4 is 11.2 Å². The molecule has 0 amide bonds. The smallest absolute Gasteiger partial charge is 0.434 e. The molecule has 0 unspecified atom stereocenters. The van der Waals surface area contributed by atoms with Gasteiger partial charge in [0.15, 0.2) is 22.7 Å². The molecule has 15 heteroatoms. The van der Waals surface area contributed by atoms with Crippen LogP contribution in [0.5, 0.6) is 17.6 Å². The summed E-state index contributed by atoms with van der Waals surface area (Å²) < 4.78 is 72.2. The molecule has 0 spiro atoms. The van der Waals surface area contributed by atoms with Crippen LogP contribution in [0.2, 0.25) is 0 Å². The van der Waals surface area contributed by atoms with Crippen LogP contribution in [-0.2, 0) is 19.8 Å². The second-order valence-corrected chi connectivity index (χ2v) is 9.52. The Morgan fingerprint density at radius 1 is 0.976 bits per heavy atom. The third kappa shape index (κ3) is 5.12. The second kappa shape index (κ2) is 10.5. The van der Waals surface area contributed by atoms with Gasteiger partial charge in [-0.1, -0.05) is 6.07 Å². The molecule has 1 fully saturated rings. The quantitative estimate of drug-likeness (QED) is 0.233. The Morgan fingerprint density at radius 2 is 1.79 bits per heavy atom. The van der Waals surface area contributed by atoms with Crippen LogP contribution in [0.25, 0.3) is 33.9 Å². The Balaban J connectivity index is 1.36. The lowest BCUT2D eigenvalue weighted by molar-refractivity contribution is -0.140. The lowest BCUT2D eigenvalue weighted by Crippen LogP contribution is -2.07. The highest BCUT2D eigenvalue weighted by atomic mass is 19.4. The zero-order valence-corrected chi connectivity index (χ0v) is 22.5. The minimum absolute atomic E-state index is 0.0393. The van der Waals surface area contributed by atoms with E-state index in [0.29, 0.717) is 17.0 Å². The van der Waals surface area contributed by atoms with Crippen LogP contribution in [0.15, 0.2) is 36.9 Å². The highest BCUT2D eigenvalue weighted by Gasteiger charge is 2.35. The van der Waals surface area contributed by atoms with Gasteiger partial charge in [0.05, 0.1) is 31.7 Å². The summed E-state index contributed by atoms with van der Waals surface area (Å²) in [5.74, 6) is 0.0338. The molecule has 1 aliphatic rings. The van der Waals surface area contributed by atoms with E-state index in [4.69, 9.17) is 14.2 Å². The first-order valence-electron chi connectivity index (χ1n) is 12.7. The zero-order chi connectivity index (χ0) is 29.6. The van der Waals surface area contributed by atoms with E-state index in [-0.39, 0.29) is 52.7 Å². The molecular formula is C27H22F4N8O3. The van der Waals surface area contributed by atoms with Gasteiger partial charge in [-0.15, -0.1) is 0 Å². The first-order chi connectivity index (χ1) is 20.2. The van der Waals surface area contributed by atoms with Crippen LogP contribution in [0.3, 0.4) is 0 Å². The van der Waals surface area contributed by atoms with Crippen LogP contribution in [0.4, 0.5) is 17.6 Å². The molecule has 0 N–H and O–H groups in total. The van der Waals surface area contributed by atoms with Crippen molar-refractivity contribution in [2.45, 2.75) is 31.5 Å². The summed E-state index contributed by atoms with van der Waals surface area (Å²) in [6.07, 6.45) is 0.892. The summed E-state index contributed by atoms with van der Waals surface area (Å²) in [4.78, 5) is 30.1. The van der Waals surface area contributed by atoms with Gasteiger partial charge in [0.1, 0.15) is 30.1 Å². The minimum atomic E-state index is -4.65. The molecule has 216 valence electrons. The van der Waals surface area contributed by atoms with Crippen molar-refractivity contribution in [3.8, 4) is 40.4 Å². The lowest BCUT2D eigenvalue weighted by Gasteiger charge is -2.13. The number of aryl methyl sites for hydroxylation is 1. The van der Waals surface area contributed by atoms with E-state index in [2.05, 4.69) is 34.9 Å². The zero-order valence-electron chi connectivity index (χ0n) is 22.5. The highest BCUT2D eigenvalue weighted by molar-refractivity contribution is 5.79. The Hall–Kier alpha value is -4.95. The van der Waals surface area contributed by atoms with Crippen molar-refractivity contribution < 1.29 is 31.8 Å². The van der Waals surface area contributed by atoms with Crippen LogP contribution in [0.1, 0.15) is 35.7 Å². The molecule has 0 saturated heterocycles. The van der Waals surface area contributed by atoms with Gasteiger partial charge in [-0.2, -0.15) is 18.2 Å². The van der Waals surface area contributed by atoms with Crippen LogP contribution >= 0.6 is 0 Å². The topological polar surface area (TPSA) is 123 Å². The van der Waals surface area contributed by atoms with Gasteiger partial charge in [0, 0.05) is 19.2 Å². The SMILES string of the molecule is COc1cnc2nc(-c3c(OC)ncnc3C3CC3)nc(OCc3ccc(-c4nc(C(F)(F)F)cn4C)c(F)c3)c2n1. The van der Waals surface area contributed by atoms with E-state index < -0.39 is 17.7 Å². The standard InChI is InChI=1S/C27H22F4N8O3/c1-39-10-17(27(29,30)31)35-24(39)15-7-4-13(8-16(15)28)11-42-26-21-23(32-9-18(36-21)40-2)37-22(38-26)19-20(14-5-6-14)33-12-34-25(19)41-3/h4,7-10,12,14H,5-6,11H2,1-3H3. The summed E-state index contributed by atoms with van der Waals surface area (Å²) in [7, 11) is 4.28. The fraction of sp³-hybridized carbons (Fsp3) is 0.296.